The number of rotatable bonds is 7. The smallest absolute Gasteiger partial charge is 0.408 e. The summed E-state index contributed by atoms with van der Waals surface area (Å²) < 4.78 is 5.66. The fraction of sp³-hybridized carbons (Fsp3) is 0.370. The van der Waals surface area contributed by atoms with E-state index < -0.39 is 30.1 Å². The number of nitrogens with one attached hydrogen (secondary N) is 1. The lowest BCUT2D eigenvalue weighted by atomic mass is 9.80. The fourth-order valence-corrected chi connectivity index (χ4v) is 5.15. The Balaban J connectivity index is 1.50. The lowest BCUT2D eigenvalue weighted by Crippen LogP contribution is -2.61. The molecule has 0 aliphatic heterocycles. The molecule has 2 N–H and O–H groups in total. The van der Waals surface area contributed by atoms with Crippen molar-refractivity contribution in [1.82, 2.24) is 10.2 Å². The van der Waals surface area contributed by atoms with Gasteiger partial charge in [-0.3, -0.25) is 9.59 Å². The first kappa shape index (κ1) is 23.4. The van der Waals surface area contributed by atoms with Crippen LogP contribution >= 0.6 is 0 Å². The molecule has 0 bridgehead atoms. The first-order valence-electron chi connectivity index (χ1n) is 11.5. The monoisotopic (exact) mass is 460 g/mol. The van der Waals surface area contributed by atoms with Gasteiger partial charge in [0.1, 0.15) is 18.7 Å². The Morgan fingerprint density at radius 3 is 2.18 bits per heavy atom. The SMILES string of the molecule is C#CCN(CC(=O)O)C(=O)C1(NC(=O)OCC2c3ccccc3-c3ccccc32)CCCCC1. The maximum Gasteiger partial charge on any atom is 0.408 e. The predicted octanol–water partition coefficient (Wildman–Crippen LogP) is 3.77. The zero-order valence-corrected chi connectivity index (χ0v) is 19.0. The molecule has 0 aromatic heterocycles. The van der Waals surface area contributed by atoms with E-state index in [9.17, 15) is 19.5 Å². The van der Waals surface area contributed by atoms with Gasteiger partial charge in [-0.05, 0) is 35.1 Å². The average Bonchev–Trinajstić information content (AvgIpc) is 3.16. The Hall–Kier alpha value is -3.79. The predicted molar refractivity (Wildman–Crippen MR) is 127 cm³/mol. The van der Waals surface area contributed by atoms with Crippen LogP contribution in [0.5, 0.6) is 0 Å². The van der Waals surface area contributed by atoms with Crippen molar-refractivity contribution in [2.45, 2.75) is 43.6 Å². The minimum absolute atomic E-state index is 0.0962. The highest BCUT2D eigenvalue weighted by Gasteiger charge is 2.44. The summed E-state index contributed by atoms with van der Waals surface area (Å²) in [5, 5.41) is 12.0. The Morgan fingerprint density at radius 1 is 1.03 bits per heavy atom. The number of amides is 2. The van der Waals surface area contributed by atoms with E-state index >= 15 is 0 Å². The van der Waals surface area contributed by atoms with Gasteiger partial charge in [-0.25, -0.2) is 4.79 Å². The second-order valence-corrected chi connectivity index (χ2v) is 8.85. The van der Waals surface area contributed by atoms with E-state index in [0.29, 0.717) is 12.8 Å². The van der Waals surface area contributed by atoms with Gasteiger partial charge in [-0.15, -0.1) is 6.42 Å². The van der Waals surface area contributed by atoms with Gasteiger partial charge in [-0.1, -0.05) is 73.7 Å². The molecule has 7 nitrogen and oxygen atoms in total. The van der Waals surface area contributed by atoms with Crippen LogP contribution in [0.4, 0.5) is 4.79 Å². The quantitative estimate of drug-likeness (QED) is 0.613. The summed E-state index contributed by atoms with van der Waals surface area (Å²) in [6.45, 7) is -0.524. The van der Waals surface area contributed by atoms with Crippen molar-refractivity contribution in [3.05, 3.63) is 59.7 Å². The van der Waals surface area contributed by atoms with Gasteiger partial charge in [0.05, 0.1) is 6.54 Å². The van der Waals surface area contributed by atoms with Crippen LogP contribution in [-0.2, 0) is 14.3 Å². The number of terminal acetylenes is 1. The number of carboxylic acids is 1. The molecule has 0 unspecified atom stereocenters. The molecule has 2 aromatic carbocycles. The van der Waals surface area contributed by atoms with Crippen LogP contribution < -0.4 is 5.32 Å². The Kier molecular flexibility index (Phi) is 6.87. The molecule has 34 heavy (non-hydrogen) atoms. The summed E-state index contributed by atoms with van der Waals surface area (Å²) in [6.07, 6.45) is 7.93. The van der Waals surface area contributed by atoms with Crippen LogP contribution in [0.15, 0.2) is 48.5 Å². The molecule has 2 aromatic rings. The lowest BCUT2D eigenvalue weighted by Gasteiger charge is -2.39. The lowest BCUT2D eigenvalue weighted by molar-refractivity contribution is -0.147. The summed E-state index contributed by atoms with van der Waals surface area (Å²) in [4.78, 5) is 38.7. The normalized spacial score (nSPS) is 16.0. The Labute approximate surface area is 199 Å². The molecule has 2 aliphatic carbocycles. The van der Waals surface area contributed by atoms with E-state index in [1.165, 1.54) is 0 Å². The summed E-state index contributed by atoms with van der Waals surface area (Å²) in [5.74, 6) is 0.618. The van der Waals surface area contributed by atoms with Gasteiger partial charge in [-0.2, -0.15) is 0 Å². The first-order chi connectivity index (χ1) is 16.4. The van der Waals surface area contributed by atoms with Gasteiger partial charge in [0, 0.05) is 5.92 Å². The Morgan fingerprint density at radius 2 is 1.62 bits per heavy atom. The molecule has 1 fully saturated rings. The van der Waals surface area contributed by atoms with E-state index in [0.717, 1.165) is 46.4 Å². The number of aliphatic carboxylic acids is 1. The number of fused-ring (bicyclic) bond motifs is 3. The van der Waals surface area contributed by atoms with Gasteiger partial charge >= 0.3 is 12.1 Å². The third-order valence-corrected chi connectivity index (χ3v) is 6.70. The number of carbonyl (C=O) groups excluding carboxylic acids is 2. The molecular weight excluding hydrogens is 432 g/mol. The second-order valence-electron chi connectivity index (χ2n) is 8.85. The second kappa shape index (κ2) is 10.0. The average molecular weight is 461 g/mol. The molecule has 7 heteroatoms. The minimum atomic E-state index is -1.22. The molecule has 0 heterocycles. The molecule has 2 amide bonds. The number of carboxylic acid groups (broad SMARTS) is 1. The number of hydrogen-bond donors (Lipinski definition) is 2. The van der Waals surface area contributed by atoms with E-state index in [4.69, 9.17) is 11.2 Å². The van der Waals surface area contributed by atoms with Crippen molar-refractivity contribution in [3.63, 3.8) is 0 Å². The van der Waals surface area contributed by atoms with Crippen molar-refractivity contribution in [2.24, 2.45) is 0 Å². The largest absolute Gasteiger partial charge is 0.480 e. The number of benzene rings is 2. The van der Waals surface area contributed by atoms with Gasteiger partial charge in [0.2, 0.25) is 5.91 Å². The van der Waals surface area contributed by atoms with Gasteiger partial charge < -0.3 is 20.1 Å². The maximum atomic E-state index is 13.4. The maximum absolute atomic E-state index is 13.4. The van der Waals surface area contributed by atoms with Gasteiger partial charge in [0.15, 0.2) is 0 Å². The van der Waals surface area contributed by atoms with Crippen LogP contribution in [0, 0.1) is 12.3 Å². The summed E-state index contributed by atoms with van der Waals surface area (Å²) in [5.41, 5.74) is 3.24. The minimum Gasteiger partial charge on any atom is -0.480 e. The van der Waals surface area contributed by atoms with Crippen molar-refractivity contribution < 1.29 is 24.2 Å². The molecular formula is C27H28N2O5. The third-order valence-electron chi connectivity index (χ3n) is 6.70. The summed E-state index contributed by atoms with van der Waals surface area (Å²) in [6, 6.07) is 16.1. The summed E-state index contributed by atoms with van der Waals surface area (Å²) >= 11 is 0. The van der Waals surface area contributed by atoms with Crippen molar-refractivity contribution >= 4 is 18.0 Å². The molecule has 0 saturated heterocycles. The van der Waals surface area contributed by atoms with Crippen LogP contribution in [0.2, 0.25) is 0 Å². The first-order valence-corrected chi connectivity index (χ1v) is 11.5. The van der Waals surface area contributed by atoms with Gasteiger partial charge in [0.25, 0.3) is 0 Å². The standard InChI is InChI=1S/C27H28N2O5/c1-2-16-29(17-24(30)31)25(32)27(14-8-3-9-15-27)28-26(33)34-18-23-21-12-6-4-10-19(21)20-11-5-7-13-22(20)23/h1,4-7,10-13,23H,3,8-9,14-18H2,(H,28,33)(H,30,31). The molecule has 176 valence electrons. The van der Waals surface area contributed by atoms with E-state index in [1.807, 2.05) is 36.4 Å². The summed E-state index contributed by atoms with van der Waals surface area (Å²) in [7, 11) is 0. The number of hydrogen-bond acceptors (Lipinski definition) is 4. The molecule has 2 aliphatic rings. The molecule has 0 atom stereocenters. The molecule has 1 saturated carbocycles. The number of nitrogens with zero attached hydrogens (tertiary/aromatic N) is 1. The molecule has 0 radical (unpaired) electrons. The van der Waals surface area contributed by atoms with Crippen LogP contribution in [0.3, 0.4) is 0 Å². The van der Waals surface area contributed by atoms with E-state index in [1.54, 1.807) is 0 Å². The highest BCUT2D eigenvalue weighted by Crippen LogP contribution is 2.44. The molecule has 4 rings (SSSR count). The molecule has 0 spiro atoms. The number of ether oxygens (including phenoxy) is 1. The zero-order chi connectivity index (χ0) is 24.1. The fourth-order valence-electron chi connectivity index (χ4n) is 5.15. The highest BCUT2D eigenvalue weighted by atomic mass is 16.5. The number of alkyl carbamates (subject to hydrolysis) is 1. The Bertz CT molecular complexity index is 1080. The number of carbonyl (C=O) groups is 3. The van der Waals surface area contributed by atoms with E-state index in [2.05, 4.69) is 23.4 Å². The van der Waals surface area contributed by atoms with Crippen LogP contribution in [0.1, 0.15) is 49.1 Å². The highest BCUT2D eigenvalue weighted by molar-refractivity contribution is 5.92. The van der Waals surface area contributed by atoms with Crippen LogP contribution in [-0.4, -0.2) is 53.2 Å². The van der Waals surface area contributed by atoms with E-state index in [-0.39, 0.29) is 19.1 Å². The van der Waals surface area contributed by atoms with Crippen molar-refractivity contribution in [1.29, 1.82) is 0 Å². The zero-order valence-electron chi connectivity index (χ0n) is 19.0. The van der Waals surface area contributed by atoms with Crippen molar-refractivity contribution in [2.75, 3.05) is 19.7 Å². The topological polar surface area (TPSA) is 95.9 Å². The van der Waals surface area contributed by atoms with Crippen molar-refractivity contribution in [3.8, 4) is 23.5 Å². The third kappa shape index (κ3) is 4.62. The van der Waals surface area contributed by atoms with Crippen LogP contribution in [0.25, 0.3) is 11.1 Å².